The summed E-state index contributed by atoms with van der Waals surface area (Å²) in [6.07, 6.45) is 3.13. The van der Waals surface area contributed by atoms with Crippen molar-refractivity contribution in [2.45, 2.75) is 38.6 Å². The van der Waals surface area contributed by atoms with E-state index in [0.29, 0.717) is 32.0 Å². The molecular formula is C13H24N2O4. The third-order valence-corrected chi connectivity index (χ3v) is 3.64. The van der Waals surface area contributed by atoms with E-state index in [1.165, 1.54) is 4.90 Å². The first-order valence-corrected chi connectivity index (χ1v) is 6.86. The van der Waals surface area contributed by atoms with Gasteiger partial charge >= 0.3 is 12.0 Å². The molecule has 0 aromatic carbocycles. The summed E-state index contributed by atoms with van der Waals surface area (Å²) in [5, 5.41) is 12.0. The monoisotopic (exact) mass is 272 g/mol. The molecule has 1 aliphatic heterocycles. The van der Waals surface area contributed by atoms with Gasteiger partial charge in [-0.05, 0) is 25.2 Å². The molecule has 1 aliphatic rings. The van der Waals surface area contributed by atoms with Gasteiger partial charge in [-0.25, -0.2) is 9.59 Å². The Hall–Kier alpha value is -1.30. The highest BCUT2D eigenvalue weighted by Crippen LogP contribution is 2.25. The lowest BCUT2D eigenvalue weighted by atomic mass is 9.89. The molecule has 2 unspecified atom stereocenters. The average Bonchev–Trinajstić information content (AvgIpc) is 2.42. The van der Waals surface area contributed by atoms with Crippen molar-refractivity contribution < 1.29 is 19.4 Å². The third-order valence-electron chi connectivity index (χ3n) is 3.64. The van der Waals surface area contributed by atoms with E-state index >= 15 is 0 Å². The van der Waals surface area contributed by atoms with Crippen molar-refractivity contribution >= 4 is 12.0 Å². The maximum absolute atomic E-state index is 12.0. The van der Waals surface area contributed by atoms with Crippen LogP contribution in [0.4, 0.5) is 4.79 Å². The van der Waals surface area contributed by atoms with Crippen LogP contribution in [0.2, 0.25) is 0 Å². The molecule has 0 bridgehead atoms. The Morgan fingerprint density at radius 1 is 1.47 bits per heavy atom. The fourth-order valence-electron chi connectivity index (χ4n) is 2.40. The van der Waals surface area contributed by atoms with Gasteiger partial charge in [0.05, 0.1) is 0 Å². The minimum absolute atomic E-state index is 0.280. The number of hydrogen-bond acceptors (Lipinski definition) is 3. The van der Waals surface area contributed by atoms with Crippen LogP contribution in [0.15, 0.2) is 0 Å². The largest absolute Gasteiger partial charge is 0.480 e. The summed E-state index contributed by atoms with van der Waals surface area (Å²) >= 11 is 0. The number of nitrogens with one attached hydrogen (secondary N) is 1. The fourth-order valence-corrected chi connectivity index (χ4v) is 2.40. The second-order valence-corrected chi connectivity index (χ2v) is 4.92. The number of aliphatic carboxylic acids is 1. The van der Waals surface area contributed by atoms with Gasteiger partial charge < -0.3 is 20.1 Å². The molecule has 0 saturated carbocycles. The highest BCUT2D eigenvalue weighted by Gasteiger charge is 2.35. The van der Waals surface area contributed by atoms with Crippen LogP contribution in [0.3, 0.4) is 0 Å². The maximum Gasteiger partial charge on any atom is 0.326 e. The molecule has 2 N–H and O–H groups in total. The first-order chi connectivity index (χ1) is 9.10. The molecule has 1 heterocycles. The van der Waals surface area contributed by atoms with Crippen LogP contribution in [-0.2, 0) is 9.53 Å². The Labute approximate surface area is 114 Å². The van der Waals surface area contributed by atoms with E-state index in [1.54, 1.807) is 7.11 Å². The van der Waals surface area contributed by atoms with Crippen molar-refractivity contribution in [3.63, 3.8) is 0 Å². The first kappa shape index (κ1) is 15.8. The molecule has 1 saturated heterocycles. The second kappa shape index (κ2) is 7.99. The molecule has 0 aromatic heterocycles. The van der Waals surface area contributed by atoms with Gasteiger partial charge in [-0.1, -0.05) is 13.3 Å². The zero-order chi connectivity index (χ0) is 14.3. The highest BCUT2D eigenvalue weighted by molar-refractivity contribution is 5.82. The lowest BCUT2D eigenvalue weighted by Crippen LogP contribution is -2.53. The zero-order valence-electron chi connectivity index (χ0n) is 11.7. The molecule has 0 aliphatic carbocycles. The molecule has 6 heteroatoms. The van der Waals surface area contributed by atoms with E-state index in [0.717, 1.165) is 19.3 Å². The van der Waals surface area contributed by atoms with Crippen LogP contribution in [0.1, 0.15) is 32.6 Å². The molecule has 2 amide bonds. The summed E-state index contributed by atoms with van der Waals surface area (Å²) in [5.41, 5.74) is 0. The van der Waals surface area contributed by atoms with E-state index in [2.05, 4.69) is 12.2 Å². The van der Waals surface area contributed by atoms with Gasteiger partial charge in [0.15, 0.2) is 0 Å². The normalized spacial score (nSPS) is 23.2. The molecule has 0 radical (unpaired) electrons. The van der Waals surface area contributed by atoms with Gasteiger partial charge in [0.25, 0.3) is 0 Å². The summed E-state index contributed by atoms with van der Waals surface area (Å²) in [6.45, 7) is 3.67. The van der Waals surface area contributed by atoms with Crippen LogP contribution < -0.4 is 5.32 Å². The Morgan fingerprint density at radius 3 is 2.79 bits per heavy atom. The summed E-state index contributed by atoms with van der Waals surface area (Å²) in [6, 6.07) is -0.973. The van der Waals surface area contributed by atoms with Gasteiger partial charge in [-0.2, -0.15) is 0 Å². The number of amides is 2. The lowest BCUT2D eigenvalue weighted by Gasteiger charge is -2.36. The Bertz CT molecular complexity index is 309. The summed E-state index contributed by atoms with van der Waals surface area (Å²) in [5.74, 6) is -0.510. The van der Waals surface area contributed by atoms with Crippen LogP contribution in [0.5, 0.6) is 0 Å². The van der Waals surface area contributed by atoms with Crippen LogP contribution in [0.25, 0.3) is 0 Å². The molecule has 110 valence electrons. The number of carbonyl (C=O) groups excluding carboxylic acids is 1. The minimum atomic E-state index is -0.912. The fraction of sp³-hybridized carbons (Fsp3) is 0.846. The van der Waals surface area contributed by atoms with Crippen molar-refractivity contribution in [2.75, 3.05) is 26.8 Å². The number of hydrogen-bond donors (Lipinski definition) is 2. The van der Waals surface area contributed by atoms with Crippen molar-refractivity contribution in [1.29, 1.82) is 0 Å². The van der Waals surface area contributed by atoms with Gasteiger partial charge in [0, 0.05) is 26.8 Å². The van der Waals surface area contributed by atoms with Gasteiger partial charge in [-0.15, -0.1) is 0 Å². The lowest BCUT2D eigenvalue weighted by molar-refractivity contribution is -0.144. The van der Waals surface area contributed by atoms with Crippen molar-refractivity contribution in [2.24, 2.45) is 5.92 Å². The van der Waals surface area contributed by atoms with Crippen LogP contribution in [0, 0.1) is 5.92 Å². The molecular weight excluding hydrogens is 248 g/mol. The predicted octanol–water partition coefficient (Wildman–Crippen LogP) is 1.31. The summed E-state index contributed by atoms with van der Waals surface area (Å²) in [4.78, 5) is 24.7. The van der Waals surface area contributed by atoms with Crippen molar-refractivity contribution in [3.8, 4) is 0 Å². The van der Waals surface area contributed by atoms with Crippen LogP contribution in [-0.4, -0.2) is 54.9 Å². The molecule has 0 spiro atoms. The number of piperidine rings is 1. The maximum atomic E-state index is 12.0. The SMILES string of the molecule is CCC1CCN(C(=O)NCCCOC)C(C(=O)O)C1. The molecule has 0 aromatic rings. The Kier molecular flexibility index (Phi) is 6.62. The number of carboxylic acids is 1. The molecule has 1 fully saturated rings. The third kappa shape index (κ3) is 4.70. The van der Waals surface area contributed by atoms with Crippen LogP contribution >= 0.6 is 0 Å². The number of likely N-dealkylation sites (tertiary alicyclic amines) is 1. The van der Waals surface area contributed by atoms with E-state index in [-0.39, 0.29) is 6.03 Å². The van der Waals surface area contributed by atoms with E-state index in [4.69, 9.17) is 4.74 Å². The second-order valence-electron chi connectivity index (χ2n) is 4.92. The smallest absolute Gasteiger partial charge is 0.326 e. The van der Waals surface area contributed by atoms with Crippen molar-refractivity contribution in [3.05, 3.63) is 0 Å². The molecule has 2 atom stereocenters. The quantitative estimate of drug-likeness (QED) is 0.714. The zero-order valence-corrected chi connectivity index (χ0v) is 11.7. The number of methoxy groups -OCH3 is 1. The number of urea groups is 1. The van der Waals surface area contributed by atoms with E-state index < -0.39 is 12.0 Å². The standard InChI is InChI=1S/C13H24N2O4/c1-3-10-5-7-15(11(9-10)12(16)17)13(18)14-6-4-8-19-2/h10-11H,3-9H2,1-2H3,(H,14,18)(H,16,17). The highest BCUT2D eigenvalue weighted by atomic mass is 16.5. The van der Waals surface area contributed by atoms with Gasteiger partial charge in [0.2, 0.25) is 0 Å². The van der Waals surface area contributed by atoms with Crippen molar-refractivity contribution in [1.82, 2.24) is 10.2 Å². The van der Waals surface area contributed by atoms with Gasteiger partial charge in [0.1, 0.15) is 6.04 Å². The number of ether oxygens (including phenoxy) is 1. The number of nitrogens with zero attached hydrogens (tertiary/aromatic N) is 1. The van der Waals surface area contributed by atoms with E-state index in [9.17, 15) is 14.7 Å². The first-order valence-electron chi connectivity index (χ1n) is 6.86. The minimum Gasteiger partial charge on any atom is -0.480 e. The molecule has 6 nitrogen and oxygen atoms in total. The number of carbonyl (C=O) groups is 2. The molecule has 19 heavy (non-hydrogen) atoms. The summed E-state index contributed by atoms with van der Waals surface area (Å²) < 4.78 is 4.90. The molecule has 1 rings (SSSR count). The topological polar surface area (TPSA) is 78.9 Å². The number of carboxylic acid groups (broad SMARTS) is 1. The Balaban J connectivity index is 2.49. The predicted molar refractivity (Wildman–Crippen MR) is 71.0 cm³/mol. The summed E-state index contributed by atoms with van der Waals surface area (Å²) in [7, 11) is 1.61. The van der Waals surface area contributed by atoms with Gasteiger partial charge in [-0.3, -0.25) is 0 Å². The van der Waals surface area contributed by atoms with E-state index in [1.807, 2.05) is 0 Å². The average molecular weight is 272 g/mol. The number of rotatable bonds is 6. The Morgan fingerprint density at radius 2 is 2.21 bits per heavy atom.